The molecule has 0 spiro atoms. The number of nitrogens with zero attached hydrogens (tertiary/aromatic N) is 3. The molecule has 4 heterocycles. The van der Waals surface area contributed by atoms with Gasteiger partial charge in [0, 0.05) is 30.2 Å². The average Bonchev–Trinajstić information content (AvgIpc) is 4.11. The second kappa shape index (κ2) is 16.3. The number of fused-ring (bicyclic) bond motifs is 5. The Bertz CT molecular complexity index is 2210. The van der Waals surface area contributed by atoms with Crippen LogP contribution in [0.25, 0.3) is 10.8 Å². The number of halogens is 3. The number of rotatable bonds is 10. The highest BCUT2D eigenvalue weighted by Gasteiger charge is 2.64. The zero-order chi connectivity index (χ0) is 44.3. The first kappa shape index (κ1) is 44.4. The number of hydrogen-bond donors (Lipinski definition) is 3. The van der Waals surface area contributed by atoms with Crippen LogP contribution in [0.2, 0.25) is 0 Å². The molecule has 3 fully saturated rings. The molecule has 0 unspecified atom stereocenters. The lowest BCUT2D eigenvalue weighted by Gasteiger charge is -2.47. The Hall–Kier alpha value is -4.61. The number of allylic oxidation sites excluding steroid dienone is 1. The van der Waals surface area contributed by atoms with Gasteiger partial charge in [-0.3, -0.25) is 24.0 Å². The van der Waals surface area contributed by atoms with Crippen molar-refractivity contribution in [3.05, 3.63) is 42.0 Å². The summed E-state index contributed by atoms with van der Waals surface area (Å²) in [5.74, 6) is -7.40. The lowest BCUT2D eigenvalue weighted by atomic mass is 9.81. The van der Waals surface area contributed by atoms with Crippen LogP contribution in [0, 0.1) is 17.8 Å². The second-order valence-corrected chi connectivity index (χ2v) is 20.3. The number of alkyl halides is 3. The number of aromatic nitrogens is 1. The number of hydrogen-bond acceptors (Lipinski definition) is 9. The zero-order valence-corrected chi connectivity index (χ0v) is 36.0. The number of sulfonamides is 1. The fraction of sp³-hybridized carbons (Fsp3) is 0.651. The quantitative estimate of drug-likeness (QED) is 0.243. The van der Waals surface area contributed by atoms with Gasteiger partial charge in [-0.2, -0.15) is 4.98 Å². The lowest BCUT2D eigenvalue weighted by molar-refractivity contribution is -0.157. The number of nitrogens with one attached hydrogen (secondary N) is 2. The van der Waals surface area contributed by atoms with Crippen LogP contribution in [-0.2, 0) is 30.8 Å². The molecule has 61 heavy (non-hydrogen) atoms. The van der Waals surface area contributed by atoms with Crippen molar-refractivity contribution >= 4 is 44.6 Å². The molecular formula is C43H56F3N5O9S. The average molecular weight is 876 g/mol. The molecule has 18 heteroatoms. The molecule has 4 amide bonds. The molecule has 2 aromatic rings. The van der Waals surface area contributed by atoms with E-state index in [2.05, 4.69) is 5.32 Å². The maximum Gasteiger partial charge on any atom is 0.408 e. The standard InChI is InChI=1S/C43H56F3N5O9S/c1-6-26-20-25(2)12-7-8-13-27-22-43(27,38(54)49-61(57,58)42(24-44)17-18-42)48-34(52)32-21-28(23-50(32)37(53)33(26)51(39(55)56)40(3,4)41(5,45)46)60-36-31-15-10-9-14-29(31)30-16-11-19-59-35(30)47-36/h8-10,13-15,25-28,32-33H,6-7,11-12,16-24H2,1-5H3,(H,48,52)(H,49,54)(H,55,56)/b13-8-/t25-,26-,27-,28-,32+,33+,43-/m1/s1. The predicted octanol–water partition coefficient (Wildman–Crippen LogP) is 5.92. The van der Waals surface area contributed by atoms with Gasteiger partial charge < -0.3 is 24.8 Å². The highest BCUT2D eigenvalue weighted by molar-refractivity contribution is 7.91. The van der Waals surface area contributed by atoms with Crippen LogP contribution in [0.1, 0.15) is 98.0 Å². The van der Waals surface area contributed by atoms with Gasteiger partial charge in [0.15, 0.2) is 0 Å². The molecule has 1 saturated heterocycles. The van der Waals surface area contributed by atoms with Crippen molar-refractivity contribution in [2.45, 2.75) is 139 Å². The van der Waals surface area contributed by atoms with Gasteiger partial charge in [-0.05, 0) is 88.5 Å². The third kappa shape index (κ3) is 8.13. The molecular weight excluding hydrogens is 820 g/mol. The summed E-state index contributed by atoms with van der Waals surface area (Å²) in [6.45, 7) is 5.38. The monoisotopic (exact) mass is 875 g/mol. The second-order valence-electron chi connectivity index (χ2n) is 18.3. The van der Waals surface area contributed by atoms with Crippen molar-refractivity contribution in [1.82, 2.24) is 24.8 Å². The summed E-state index contributed by atoms with van der Waals surface area (Å²) in [7, 11) is -4.48. The van der Waals surface area contributed by atoms with E-state index >= 15 is 13.6 Å². The molecule has 7 atom stereocenters. The van der Waals surface area contributed by atoms with Crippen LogP contribution in [-0.4, -0.2) is 112 Å². The molecule has 14 nitrogen and oxygen atoms in total. The Morgan fingerprint density at radius 1 is 1.15 bits per heavy atom. The first-order valence-corrected chi connectivity index (χ1v) is 22.7. The molecule has 1 aromatic carbocycles. The van der Waals surface area contributed by atoms with Gasteiger partial charge in [0.1, 0.15) is 40.7 Å². The number of amides is 4. The van der Waals surface area contributed by atoms with E-state index in [-0.39, 0.29) is 56.9 Å². The first-order valence-electron chi connectivity index (χ1n) is 21.2. The largest absolute Gasteiger partial charge is 0.477 e. The van der Waals surface area contributed by atoms with Gasteiger partial charge in [-0.1, -0.05) is 50.6 Å². The summed E-state index contributed by atoms with van der Waals surface area (Å²) in [5.41, 5.74) is -3.27. The fourth-order valence-corrected chi connectivity index (χ4v) is 10.7. The fourth-order valence-electron chi connectivity index (χ4n) is 9.29. The Labute approximate surface area is 354 Å². The van der Waals surface area contributed by atoms with E-state index in [0.29, 0.717) is 42.5 Å². The van der Waals surface area contributed by atoms with E-state index in [1.54, 1.807) is 13.0 Å². The number of carbonyl (C=O) groups excluding carboxylic acids is 3. The molecule has 0 bridgehead atoms. The van der Waals surface area contributed by atoms with Crippen LogP contribution < -0.4 is 19.5 Å². The molecule has 3 N–H and O–H groups in total. The van der Waals surface area contributed by atoms with Crippen LogP contribution in [0.3, 0.4) is 0 Å². The van der Waals surface area contributed by atoms with E-state index in [4.69, 9.17) is 14.5 Å². The summed E-state index contributed by atoms with van der Waals surface area (Å²) in [5, 5.41) is 15.0. The summed E-state index contributed by atoms with van der Waals surface area (Å²) in [6.07, 6.45) is 3.81. The molecule has 7 rings (SSSR count). The van der Waals surface area contributed by atoms with Gasteiger partial charge in [-0.25, -0.2) is 26.4 Å². The van der Waals surface area contributed by atoms with Crippen LogP contribution in [0.4, 0.5) is 18.0 Å². The van der Waals surface area contributed by atoms with E-state index in [1.807, 2.05) is 42.0 Å². The third-order valence-corrected chi connectivity index (χ3v) is 15.9. The molecule has 5 aliphatic rings. The molecule has 3 aliphatic heterocycles. The number of benzene rings is 1. The Balaban J connectivity index is 1.31. The minimum absolute atomic E-state index is 0.00744. The van der Waals surface area contributed by atoms with Gasteiger partial charge in [0.25, 0.3) is 11.8 Å². The van der Waals surface area contributed by atoms with Crippen molar-refractivity contribution < 1.29 is 55.3 Å². The Morgan fingerprint density at radius 3 is 2.49 bits per heavy atom. The van der Waals surface area contributed by atoms with E-state index in [0.717, 1.165) is 42.5 Å². The molecule has 1 aromatic heterocycles. The number of carboxylic acid groups (broad SMARTS) is 1. The summed E-state index contributed by atoms with van der Waals surface area (Å²) < 4.78 is 84.3. The molecule has 334 valence electrons. The highest BCUT2D eigenvalue weighted by Crippen LogP contribution is 2.48. The van der Waals surface area contributed by atoms with Gasteiger partial charge in [-0.15, -0.1) is 0 Å². The van der Waals surface area contributed by atoms with Crippen molar-refractivity contribution in [2.24, 2.45) is 17.8 Å². The van der Waals surface area contributed by atoms with Gasteiger partial charge in [0.2, 0.25) is 33.6 Å². The SMILES string of the molecule is CC[C@@H]1C[C@H](C)CC/C=C\[C@@H]2C[C@@]2(C(=O)NS(=O)(=O)C2(CF)CC2)NC(=O)[C@@H]2C[C@@H](Oc3nc4c(c5ccccc35)CCCO4)CN2C(=O)[C@H]1N(C(=O)O)C(C)(C)C(C)(F)F. The summed E-state index contributed by atoms with van der Waals surface area (Å²) >= 11 is 0. The third-order valence-electron chi connectivity index (χ3n) is 13.8. The van der Waals surface area contributed by atoms with Crippen molar-refractivity contribution in [2.75, 3.05) is 19.8 Å². The van der Waals surface area contributed by atoms with Crippen molar-refractivity contribution in [1.29, 1.82) is 0 Å². The Kier molecular flexibility index (Phi) is 11.8. The van der Waals surface area contributed by atoms with Crippen LogP contribution in [0.15, 0.2) is 36.4 Å². The number of carbonyl (C=O) groups is 4. The maximum absolute atomic E-state index is 15.5. The van der Waals surface area contributed by atoms with Crippen LogP contribution >= 0.6 is 0 Å². The van der Waals surface area contributed by atoms with E-state index in [9.17, 15) is 32.3 Å². The molecule has 2 aliphatic carbocycles. The van der Waals surface area contributed by atoms with Crippen molar-refractivity contribution in [3.8, 4) is 11.8 Å². The highest BCUT2D eigenvalue weighted by atomic mass is 32.2. The maximum atomic E-state index is 15.5. The lowest BCUT2D eigenvalue weighted by Crippen LogP contribution is -2.67. The van der Waals surface area contributed by atoms with Crippen molar-refractivity contribution in [3.63, 3.8) is 0 Å². The van der Waals surface area contributed by atoms with Gasteiger partial charge >= 0.3 is 6.09 Å². The van der Waals surface area contributed by atoms with E-state index < -0.39 is 92.3 Å². The number of aryl methyl sites for hydroxylation is 1. The minimum atomic E-state index is -4.48. The molecule has 2 saturated carbocycles. The topological polar surface area (TPSA) is 185 Å². The normalized spacial score (nSPS) is 29.7. The number of ether oxygens (including phenoxy) is 2. The summed E-state index contributed by atoms with van der Waals surface area (Å²) in [6, 6.07) is 4.31. The minimum Gasteiger partial charge on any atom is -0.477 e. The first-order chi connectivity index (χ1) is 28.7. The zero-order valence-electron chi connectivity index (χ0n) is 35.2. The Morgan fingerprint density at radius 2 is 1.85 bits per heavy atom. The van der Waals surface area contributed by atoms with E-state index in [1.165, 1.54) is 0 Å². The predicted molar refractivity (Wildman–Crippen MR) is 218 cm³/mol. The number of pyridine rings is 1. The molecule has 0 radical (unpaired) electrons. The smallest absolute Gasteiger partial charge is 0.408 e. The summed E-state index contributed by atoms with van der Waals surface area (Å²) in [4.78, 5) is 63.8. The van der Waals surface area contributed by atoms with Crippen LogP contribution in [0.5, 0.6) is 11.8 Å². The van der Waals surface area contributed by atoms with Gasteiger partial charge in [0.05, 0.1) is 13.2 Å².